The molecule has 0 bridgehead atoms. The van der Waals surface area contributed by atoms with Crippen LogP contribution in [0.3, 0.4) is 0 Å². The van der Waals surface area contributed by atoms with E-state index in [-0.39, 0.29) is 75.9 Å². The number of nitrogens with two attached hydrogens (primary N) is 5. The third kappa shape index (κ3) is 19.5. The molecular weight excluding hydrogens is 1120 g/mol. The minimum atomic E-state index is -1.63. The number of carbonyl (C=O) groups is 9. The number of unbranched alkanes of at least 4 members (excludes halogenated alkanes) is 1. The zero-order chi connectivity index (χ0) is 63.2. The first kappa shape index (κ1) is 65.5. The van der Waals surface area contributed by atoms with Gasteiger partial charge in [0.25, 0.3) is 0 Å². The van der Waals surface area contributed by atoms with Gasteiger partial charge in [0.2, 0.25) is 53.2 Å². The topological polar surface area (TPSA) is 391 Å². The molecule has 2 aliphatic heterocycles. The zero-order valence-electron chi connectivity index (χ0n) is 50.4. The third-order valence-corrected chi connectivity index (χ3v) is 16.2. The van der Waals surface area contributed by atoms with Gasteiger partial charge in [-0.15, -0.1) is 0 Å². The summed E-state index contributed by atoms with van der Waals surface area (Å²) in [6.45, 7) is 4.24. The van der Waals surface area contributed by atoms with E-state index in [2.05, 4.69) is 36.6 Å². The number of thioether (sulfide) groups is 1. The zero-order valence-corrected chi connectivity index (χ0v) is 50.2. The van der Waals surface area contributed by atoms with Crippen LogP contribution in [-0.2, 0) is 62.4 Å². The van der Waals surface area contributed by atoms with Crippen LogP contribution in [0.15, 0.2) is 96.1 Å². The predicted octanol–water partition coefficient (Wildman–Crippen LogP) is 0.491. The number of aromatic amines is 1. The minimum Gasteiger partial charge on any atom is -0.370 e. The molecule has 24 nitrogen and oxygen atoms in total. The number of hydrogen-bond acceptors (Lipinski definition) is 13. The van der Waals surface area contributed by atoms with Crippen molar-refractivity contribution in [2.24, 2.45) is 39.6 Å². The maximum Gasteiger partial charge on any atom is 0.245 e. The van der Waals surface area contributed by atoms with Crippen LogP contribution in [0.25, 0.3) is 10.9 Å². The second-order valence-corrected chi connectivity index (χ2v) is 23.3. The predicted molar refractivity (Wildman–Crippen MR) is 331 cm³/mol. The molecule has 0 saturated carbocycles. The van der Waals surface area contributed by atoms with Gasteiger partial charge in [0.05, 0.1) is 6.04 Å². The number of hydrogen-bond donors (Lipinski definition) is 12. The first-order chi connectivity index (χ1) is 41.7. The highest BCUT2D eigenvalue weighted by Crippen LogP contribution is 2.24. The largest absolute Gasteiger partial charge is 0.370 e. The van der Waals surface area contributed by atoms with E-state index in [1.54, 1.807) is 92.5 Å². The fraction of sp³-hybridized carbons (Fsp3) is 0.508. The Hall–Kier alpha value is -8.03. The van der Waals surface area contributed by atoms with Crippen molar-refractivity contribution < 1.29 is 44.6 Å². The molecule has 2 saturated heterocycles. The second kappa shape index (κ2) is 33.6. The number of benzene rings is 3. The van der Waals surface area contributed by atoms with Gasteiger partial charge in [-0.05, 0) is 111 Å². The van der Waals surface area contributed by atoms with Crippen molar-refractivity contribution in [1.29, 1.82) is 0 Å². The summed E-state index contributed by atoms with van der Waals surface area (Å²) in [5.74, 6) is -6.25. The van der Waals surface area contributed by atoms with E-state index in [0.717, 1.165) is 10.9 Å². The van der Waals surface area contributed by atoms with E-state index in [1.165, 1.54) is 9.80 Å². The quantitative estimate of drug-likeness (QED) is 0.0176. The summed E-state index contributed by atoms with van der Waals surface area (Å²) in [5.41, 5.74) is 31.7. The molecule has 0 radical (unpaired) electrons. The molecule has 3 aromatic carbocycles. The average Bonchev–Trinajstić information content (AvgIpc) is 4.04. The number of primary amides is 1. The molecule has 2 aliphatic rings. The Bertz CT molecular complexity index is 3010. The molecule has 86 heavy (non-hydrogen) atoms. The Labute approximate surface area is 508 Å². The molecule has 4 aromatic rings. The summed E-state index contributed by atoms with van der Waals surface area (Å²) in [5, 5.41) is 15.3. The van der Waals surface area contributed by atoms with Gasteiger partial charge in [-0.3, -0.25) is 48.1 Å². The Kier molecular flexibility index (Phi) is 25.6. The molecule has 3 heterocycles. The normalized spacial score (nSPS) is 17.4. The Morgan fingerprint density at radius 1 is 0.640 bits per heavy atom. The number of guanidine groups is 1. The minimum absolute atomic E-state index is 0.00625. The highest BCUT2D eigenvalue weighted by atomic mass is 32.2. The number of nitrogens with zero attached hydrogens (tertiary/aromatic N) is 3. The molecule has 25 heteroatoms. The lowest BCUT2D eigenvalue weighted by Gasteiger charge is -2.31. The first-order valence-corrected chi connectivity index (χ1v) is 31.0. The van der Waals surface area contributed by atoms with Gasteiger partial charge in [-0.25, -0.2) is 0 Å². The SMILES string of the molecule is [2H]N(C(=O)[C@@H](Cc1ccccc1)NC(=O)[C@@H]1CCCN1C(=O)[C@@H](N)CCSC)[C@@H](CCCN=C(N)N)C(=O)N[C@@H](Cc1c[nH]c2ccccc12)C(=O)N[C@@H](Cc1ccccc1)C(=O)N[C@@H](CCCCN)C(=O)N1CCC[C@H]1C(=O)N[C@H](C(N)=O)C(C)C. The van der Waals surface area contributed by atoms with Crippen LogP contribution in [-0.4, -0.2) is 166 Å². The molecule has 6 rings (SSSR count). The van der Waals surface area contributed by atoms with Crippen LogP contribution >= 0.6 is 11.8 Å². The van der Waals surface area contributed by atoms with Gasteiger partial charge < -0.3 is 75.3 Å². The first-order valence-electron chi connectivity index (χ1n) is 30.0. The number of carbonyl (C=O) groups excluding carboxylic acids is 9. The number of nitrogens with one attached hydrogen (secondary N) is 7. The fourth-order valence-corrected chi connectivity index (χ4v) is 11.4. The summed E-state index contributed by atoms with van der Waals surface area (Å²) in [6.07, 6.45) is 6.15. The molecule has 17 N–H and O–H groups in total. The Morgan fingerprint density at radius 2 is 1.16 bits per heavy atom. The van der Waals surface area contributed by atoms with E-state index < -0.39 is 102 Å². The smallest absolute Gasteiger partial charge is 0.245 e. The van der Waals surface area contributed by atoms with Crippen LogP contribution in [0.4, 0.5) is 0 Å². The number of rotatable bonds is 33. The van der Waals surface area contributed by atoms with E-state index in [1.807, 2.05) is 30.5 Å². The van der Waals surface area contributed by atoms with Crippen molar-refractivity contribution in [2.45, 2.75) is 152 Å². The van der Waals surface area contributed by atoms with Crippen LogP contribution in [0, 0.1) is 5.92 Å². The fourth-order valence-electron chi connectivity index (χ4n) is 10.9. The van der Waals surface area contributed by atoms with Gasteiger partial charge in [-0.2, -0.15) is 11.8 Å². The van der Waals surface area contributed by atoms with Crippen LogP contribution in [0.5, 0.6) is 0 Å². The van der Waals surface area contributed by atoms with Crippen molar-refractivity contribution in [3.63, 3.8) is 0 Å². The van der Waals surface area contributed by atoms with Crippen LogP contribution < -0.4 is 60.6 Å². The lowest BCUT2D eigenvalue weighted by molar-refractivity contribution is -0.142. The molecule has 466 valence electrons. The van der Waals surface area contributed by atoms with Crippen LogP contribution in [0.2, 0.25) is 1.41 Å². The molecule has 1 aromatic heterocycles. The van der Waals surface area contributed by atoms with E-state index in [9.17, 15) is 35.0 Å². The summed E-state index contributed by atoms with van der Waals surface area (Å²) < 4.78 is 9.50. The summed E-state index contributed by atoms with van der Waals surface area (Å²) in [4.78, 5) is 139. The highest BCUT2D eigenvalue weighted by Gasteiger charge is 2.41. The van der Waals surface area contributed by atoms with Gasteiger partial charge >= 0.3 is 0 Å². The van der Waals surface area contributed by atoms with Crippen molar-refractivity contribution >= 4 is 81.8 Å². The van der Waals surface area contributed by atoms with E-state index >= 15 is 9.59 Å². The third-order valence-electron chi connectivity index (χ3n) is 15.5. The molecule has 2 fully saturated rings. The average molecular weight is 1210 g/mol. The number of fused-ring (bicyclic) bond motifs is 1. The van der Waals surface area contributed by atoms with Gasteiger partial charge in [0, 0.05) is 56.0 Å². The van der Waals surface area contributed by atoms with Crippen molar-refractivity contribution in [3.8, 4) is 0 Å². The molecule has 0 spiro atoms. The number of amides is 9. The Balaban J connectivity index is 1.32. The number of para-hydroxylation sites is 1. The lowest BCUT2D eigenvalue weighted by atomic mass is 10.00. The number of likely N-dealkylation sites (tertiary alicyclic amines) is 2. The summed E-state index contributed by atoms with van der Waals surface area (Å²) >= 11 is 1.54. The van der Waals surface area contributed by atoms with E-state index in [0.29, 0.717) is 79.2 Å². The number of aromatic nitrogens is 1. The monoisotopic (exact) mass is 1210 g/mol. The van der Waals surface area contributed by atoms with Gasteiger partial charge in [0.15, 0.2) is 7.37 Å². The summed E-state index contributed by atoms with van der Waals surface area (Å²) in [7, 11) is 0. The second-order valence-electron chi connectivity index (χ2n) is 22.3. The molecule has 9 atom stereocenters. The molecule has 9 amide bonds. The lowest BCUT2D eigenvalue weighted by Crippen LogP contribution is -2.61. The highest BCUT2D eigenvalue weighted by molar-refractivity contribution is 7.98. The van der Waals surface area contributed by atoms with Gasteiger partial charge in [0.1, 0.15) is 48.3 Å². The Morgan fingerprint density at radius 3 is 1.73 bits per heavy atom. The standard InChI is InChI=1S/C61H87N15O9S/c1-37(2)51(52(64)77)74-58(83)50-26-16-31-76(50)60(85)45(23-12-13-28-62)70-55(80)46(33-38-17-6-4-7-18-38)71-56(81)48(35-40-36-68-43-22-11-10-21-41(40)43)72-53(78)44(24-14-29-67-61(65)66)69-54(79)47(34-39-19-8-5-9-20-39)73-57(82)49-25-15-30-75(49)59(84)42(63)27-32-86-3/h4-11,17-22,36-37,42,44-51,68H,12-16,23-35,62-63H2,1-3H3,(H2,64,77)(H,69,79)(H,70,80)(H,71,81)(H,72,78)(H,73,82)(H,74,83)(H4,65,66,67)/t42-,44-,45-,46-,47+,48-,49-,50-,51-/m0/s1/i/hD. The maximum absolute atomic E-state index is 15.2. The molecular formula is C61H87N15O9S. The number of aliphatic imine (C=N–C) groups is 1. The van der Waals surface area contributed by atoms with Crippen LogP contribution in [0.1, 0.15) is 94.7 Å². The molecule has 0 unspecified atom stereocenters. The van der Waals surface area contributed by atoms with Crippen molar-refractivity contribution in [3.05, 3.63) is 108 Å². The maximum atomic E-state index is 15.2. The van der Waals surface area contributed by atoms with Gasteiger partial charge in [-0.1, -0.05) is 92.7 Å². The number of H-pyrrole nitrogens is 1. The summed E-state index contributed by atoms with van der Waals surface area (Å²) in [6, 6.07) is 14.1. The molecule has 0 aliphatic carbocycles. The van der Waals surface area contributed by atoms with Crippen molar-refractivity contribution in [2.75, 3.05) is 38.2 Å². The van der Waals surface area contributed by atoms with Crippen molar-refractivity contribution in [1.82, 2.24) is 46.7 Å². The van der Waals surface area contributed by atoms with E-state index in [4.69, 9.17) is 28.7 Å².